The number of hydrogen-bond donors (Lipinski definition) is 2. The molecule has 0 aromatic heterocycles. The third-order valence-electron chi connectivity index (χ3n) is 3.96. The summed E-state index contributed by atoms with van der Waals surface area (Å²) in [5, 5.41) is 5.26. The van der Waals surface area contributed by atoms with Crippen molar-refractivity contribution in [3.63, 3.8) is 0 Å². The lowest BCUT2D eigenvalue weighted by molar-refractivity contribution is -0.120. The van der Waals surface area contributed by atoms with Crippen LogP contribution in [0.25, 0.3) is 0 Å². The SMILES string of the molecule is CN(C)S(=O)(=O)c1cccc(C(=O)NCC(=O)NCCSCc2ccccc2)c1. The van der Waals surface area contributed by atoms with Crippen LogP contribution >= 0.6 is 11.8 Å². The lowest BCUT2D eigenvalue weighted by Gasteiger charge is -2.12. The van der Waals surface area contributed by atoms with Crippen LogP contribution < -0.4 is 10.6 Å². The van der Waals surface area contributed by atoms with Crippen molar-refractivity contribution in [1.29, 1.82) is 0 Å². The molecule has 0 saturated heterocycles. The molecule has 2 N–H and O–H groups in total. The molecule has 29 heavy (non-hydrogen) atoms. The highest BCUT2D eigenvalue weighted by molar-refractivity contribution is 7.98. The summed E-state index contributed by atoms with van der Waals surface area (Å²) in [5.41, 5.74) is 1.41. The molecule has 156 valence electrons. The third-order valence-corrected chi connectivity index (χ3v) is 6.81. The van der Waals surface area contributed by atoms with Gasteiger partial charge in [0.25, 0.3) is 5.91 Å². The van der Waals surface area contributed by atoms with E-state index in [1.165, 1.54) is 43.9 Å². The van der Waals surface area contributed by atoms with E-state index in [1.54, 1.807) is 11.8 Å². The Morgan fingerprint density at radius 1 is 1.00 bits per heavy atom. The van der Waals surface area contributed by atoms with E-state index in [0.29, 0.717) is 6.54 Å². The second-order valence-corrected chi connectivity index (χ2v) is 9.64. The van der Waals surface area contributed by atoms with Crippen LogP contribution in [0.1, 0.15) is 15.9 Å². The van der Waals surface area contributed by atoms with Crippen LogP contribution in [-0.2, 0) is 20.6 Å². The minimum absolute atomic E-state index is 0.0232. The van der Waals surface area contributed by atoms with Crippen molar-refractivity contribution in [2.75, 3.05) is 32.9 Å². The van der Waals surface area contributed by atoms with Crippen molar-refractivity contribution in [1.82, 2.24) is 14.9 Å². The number of benzene rings is 2. The van der Waals surface area contributed by atoms with Crippen molar-refractivity contribution in [2.45, 2.75) is 10.6 Å². The average molecular weight is 436 g/mol. The number of nitrogens with zero attached hydrogens (tertiary/aromatic N) is 1. The monoisotopic (exact) mass is 435 g/mol. The summed E-state index contributed by atoms with van der Waals surface area (Å²) in [5.74, 6) is 0.837. The molecule has 0 saturated carbocycles. The molecule has 0 heterocycles. The fourth-order valence-electron chi connectivity index (χ4n) is 2.36. The van der Waals surface area contributed by atoms with Crippen LogP contribution in [0, 0.1) is 0 Å². The fourth-order valence-corrected chi connectivity index (χ4v) is 4.13. The Morgan fingerprint density at radius 3 is 2.41 bits per heavy atom. The van der Waals surface area contributed by atoms with E-state index in [2.05, 4.69) is 22.8 Å². The van der Waals surface area contributed by atoms with Crippen LogP contribution in [0.4, 0.5) is 0 Å². The Morgan fingerprint density at radius 2 is 1.72 bits per heavy atom. The molecule has 0 bridgehead atoms. The number of nitrogens with one attached hydrogen (secondary N) is 2. The molecule has 0 unspecified atom stereocenters. The maximum Gasteiger partial charge on any atom is 0.251 e. The van der Waals surface area contributed by atoms with Crippen molar-refractivity contribution in [3.8, 4) is 0 Å². The lowest BCUT2D eigenvalue weighted by Crippen LogP contribution is -2.37. The smallest absolute Gasteiger partial charge is 0.251 e. The van der Waals surface area contributed by atoms with Crippen molar-refractivity contribution in [2.24, 2.45) is 0 Å². The largest absolute Gasteiger partial charge is 0.354 e. The molecule has 0 spiro atoms. The zero-order chi connectivity index (χ0) is 21.3. The number of rotatable bonds is 10. The molecule has 2 aromatic rings. The van der Waals surface area contributed by atoms with E-state index in [0.717, 1.165) is 15.8 Å². The normalized spacial score (nSPS) is 11.3. The van der Waals surface area contributed by atoms with Gasteiger partial charge in [-0.3, -0.25) is 9.59 Å². The van der Waals surface area contributed by atoms with Gasteiger partial charge < -0.3 is 10.6 Å². The zero-order valence-corrected chi connectivity index (χ0v) is 18.1. The summed E-state index contributed by atoms with van der Waals surface area (Å²) < 4.78 is 25.4. The Kier molecular flexibility index (Phi) is 8.69. The first-order chi connectivity index (χ1) is 13.8. The topological polar surface area (TPSA) is 95.6 Å². The minimum Gasteiger partial charge on any atom is -0.354 e. The van der Waals surface area contributed by atoms with E-state index in [1.807, 2.05) is 18.2 Å². The Labute approximate surface area is 175 Å². The highest BCUT2D eigenvalue weighted by atomic mass is 32.2. The molecule has 0 aliphatic carbocycles. The summed E-state index contributed by atoms with van der Waals surface area (Å²) in [6.07, 6.45) is 0. The number of carbonyl (C=O) groups excluding carboxylic acids is 2. The Bertz CT molecular complexity index is 932. The fraction of sp³-hybridized carbons (Fsp3) is 0.300. The van der Waals surface area contributed by atoms with E-state index in [4.69, 9.17) is 0 Å². The molecule has 9 heteroatoms. The van der Waals surface area contributed by atoms with E-state index in [-0.39, 0.29) is 22.9 Å². The van der Waals surface area contributed by atoms with Crippen LogP contribution in [0.5, 0.6) is 0 Å². The van der Waals surface area contributed by atoms with E-state index < -0.39 is 15.9 Å². The number of carbonyl (C=O) groups is 2. The van der Waals surface area contributed by atoms with Crippen LogP contribution in [0.3, 0.4) is 0 Å². The van der Waals surface area contributed by atoms with Gasteiger partial charge >= 0.3 is 0 Å². The average Bonchev–Trinajstić information content (AvgIpc) is 2.72. The molecule has 2 amide bonds. The van der Waals surface area contributed by atoms with Gasteiger partial charge in [-0.2, -0.15) is 11.8 Å². The van der Waals surface area contributed by atoms with Gasteiger partial charge in [-0.05, 0) is 23.8 Å². The summed E-state index contributed by atoms with van der Waals surface area (Å²) in [6, 6.07) is 15.8. The van der Waals surface area contributed by atoms with Crippen LogP contribution in [0.2, 0.25) is 0 Å². The lowest BCUT2D eigenvalue weighted by atomic mass is 10.2. The van der Waals surface area contributed by atoms with Gasteiger partial charge in [0.15, 0.2) is 0 Å². The predicted octanol–water partition coefficient (Wildman–Crippen LogP) is 1.72. The summed E-state index contributed by atoms with van der Waals surface area (Å²) in [4.78, 5) is 24.1. The molecule has 2 rings (SSSR count). The number of hydrogen-bond acceptors (Lipinski definition) is 5. The van der Waals surface area contributed by atoms with Crippen molar-refractivity contribution < 1.29 is 18.0 Å². The van der Waals surface area contributed by atoms with E-state index >= 15 is 0 Å². The molecule has 2 aromatic carbocycles. The zero-order valence-electron chi connectivity index (χ0n) is 16.4. The second kappa shape index (κ2) is 11.0. The van der Waals surface area contributed by atoms with Gasteiger partial charge in [0.05, 0.1) is 11.4 Å². The van der Waals surface area contributed by atoms with Gasteiger partial charge in [-0.15, -0.1) is 0 Å². The highest BCUT2D eigenvalue weighted by Crippen LogP contribution is 2.15. The second-order valence-electron chi connectivity index (χ2n) is 6.39. The highest BCUT2D eigenvalue weighted by Gasteiger charge is 2.18. The first-order valence-electron chi connectivity index (χ1n) is 9.00. The number of sulfonamides is 1. The van der Waals surface area contributed by atoms with Crippen molar-refractivity contribution >= 4 is 33.6 Å². The molecule has 7 nitrogen and oxygen atoms in total. The quantitative estimate of drug-likeness (QED) is 0.554. The Balaban J connectivity index is 1.74. The van der Waals surface area contributed by atoms with Crippen LogP contribution in [-0.4, -0.2) is 57.5 Å². The Hall–Kier alpha value is -2.36. The van der Waals surface area contributed by atoms with Gasteiger partial charge in [-0.25, -0.2) is 12.7 Å². The van der Waals surface area contributed by atoms with Gasteiger partial charge in [0, 0.05) is 37.7 Å². The molecular formula is C20H25N3O4S2. The molecule has 0 radical (unpaired) electrons. The summed E-state index contributed by atoms with van der Waals surface area (Å²) in [6.45, 7) is 0.329. The summed E-state index contributed by atoms with van der Waals surface area (Å²) >= 11 is 1.71. The number of thioether (sulfide) groups is 1. The standard InChI is InChI=1S/C20H25N3O4S2/c1-23(2)29(26,27)18-10-6-9-17(13-18)20(25)22-14-19(24)21-11-12-28-15-16-7-4-3-5-8-16/h3-10,13H,11-12,14-15H2,1-2H3,(H,21,24)(H,22,25). The third kappa shape index (κ3) is 7.19. The summed E-state index contributed by atoms with van der Waals surface area (Å²) in [7, 11) is -0.788. The molecule has 0 aliphatic rings. The van der Waals surface area contributed by atoms with Gasteiger partial charge in [0.1, 0.15) is 0 Å². The number of amides is 2. The van der Waals surface area contributed by atoms with E-state index in [9.17, 15) is 18.0 Å². The van der Waals surface area contributed by atoms with Gasteiger partial charge in [-0.1, -0.05) is 36.4 Å². The first kappa shape index (κ1) is 22.9. The molecule has 0 fully saturated rings. The minimum atomic E-state index is -3.63. The van der Waals surface area contributed by atoms with Crippen LogP contribution in [0.15, 0.2) is 59.5 Å². The molecule has 0 aliphatic heterocycles. The van der Waals surface area contributed by atoms with Gasteiger partial charge in [0.2, 0.25) is 15.9 Å². The maximum absolute atomic E-state index is 12.2. The first-order valence-corrected chi connectivity index (χ1v) is 11.6. The molecule has 0 atom stereocenters. The maximum atomic E-state index is 12.2. The molecular weight excluding hydrogens is 410 g/mol. The van der Waals surface area contributed by atoms with Crippen molar-refractivity contribution in [3.05, 3.63) is 65.7 Å². The predicted molar refractivity (Wildman–Crippen MR) is 115 cm³/mol.